The van der Waals surface area contributed by atoms with E-state index in [1.54, 1.807) is 0 Å². The maximum Gasteiger partial charge on any atom is 0.228 e. The average Bonchev–Trinajstić information content (AvgIpc) is 3.00. The highest BCUT2D eigenvalue weighted by atomic mass is 32.2. The van der Waals surface area contributed by atoms with Crippen LogP contribution in [0.3, 0.4) is 0 Å². The van der Waals surface area contributed by atoms with Crippen LogP contribution in [0.4, 0.5) is 11.8 Å². The Labute approximate surface area is 180 Å². The van der Waals surface area contributed by atoms with Crippen LogP contribution in [0.15, 0.2) is 24.5 Å². The lowest BCUT2D eigenvalue weighted by Gasteiger charge is -2.43. The molecule has 8 nitrogen and oxygen atoms in total. The third-order valence-corrected chi connectivity index (χ3v) is 7.64. The first-order valence-electron chi connectivity index (χ1n) is 10.1. The first-order chi connectivity index (χ1) is 14.2. The van der Waals surface area contributed by atoms with E-state index < -0.39 is 11.4 Å². The van der Waals surface area contributed by atoms with Gasteiger partial charge in [-0.25, -0.2) is 4.98 Å². The van der Waals surface area contributed by atoms with Crippen molar-refractivity contribution in [1.82, 2.24) is 19.7 Å². The zero-order valence-corrected chi connectivity index (χ0v) is 18.4. The first-order valence-corrected chi connectivity index (χ1v) is 11.3. The van der Waals surface area contributed by atoms with E-state index >= 15 is 0 Å². The summed E-state index contributed by atoms with van der Waals surface area (Å²) in [5.74, 6) is 0.803. The molecule has 2 aromatic heterocycles. The summed E-state index contributed by atoms with van der Waals surface area (Å²) >= 11 is -1.18. The fraction of sp³-hybridized carbons (Fsp3) is 0.524. The van der Waals surface area contributed by atoms with Crippen LogP contribution in [0.1, 0.15) is 56.5 Å². The van der Waals surface area contributed by atoms with Crippen LogP contribution in [0, 0.1) is 16.7 Å². The summed E-state index contributed by atoms with van der Waals surface area (Å²) in [5, 5.41) is 9.18. The van der Waals surface area contributed by atoms with E-state index in [2.05, 4.69) is 24.6 Å². The number of piperidine rings is 1. The molecule has 1 fully saturated rings. The van der Waals surface area contributed by atoms with Gasteiger partial charge in [0.1, 0.15) is 22.3 Å². The van der Waals surface area contributed by atoms with Gasteiger partial charge in [-0.05, 0) is 57.2 Å². The fourth-order valence-corrected chi connectivity index (χ4v) is 5.36. The summed E-state index contributed by atoms with van der Waals surface area (Å²) in [5.41, 5.74) is 8.51. The Bertz CT molecular complexity index is 976. The van der Waals surface area contributed by atoms with Gasteiger partial charge in [0.25, 0.3) is 0 Å². The van der Waals surface area contributed by atoms with E-state index in [0.717, 1.165) is 32.4 Å². The predicted octanol–water partition coefficient (Wildman–Crippen LogP) is 2.26. The summed E-state index contributed by atoms with van der Waals surface area (Å²) in [6.45, 7) is 7.44. The zero-order valence-electron chi connectivity index (χ0n) is 17.6. The highest BCUT2D eigenvalue weighted by Crippen LogP contribution is 2.52. The van der Waals surface area contributed by atoms with E-state index in [9.17, 15) is 9.81 Å². The number of aromatic nitrogens is 3. The molecule has 0 amide bonds. The lowest BCUT2D eigenvalue weighted by atomic mass is 9.73. The number of fused-ring (bicyclic) bond motifs is 1. The van der Waals surface area contributed by atoms with E-state index in [0.29, 0.717) is 11.8 Å². The molecular weight excluding hydrogens is 398 g/mol. The van der Waals surface area contributed by atoms with E-state index in [-0.39, 0.29) is 21.9 Å². The van der Waals surface area contributed by atoms with Gasteiger partial charge in [-0.3, -0.25) is 4.98 Å². The quantitative estimate of drug-likeness (QED) is 0.717. The molecule has 4 rings (SSSR count). The van der Waals surface area contributed by atoms with E-state index in [1.165, 1.54) is 17.2 Å². The second-order valence-electron chi connectivity index (χ2n) is 9.12. The number of hydrogen-bond donors (Lipinski definition) is 2. The Balaban J connectivity index is 1.58. The van der Waals surface area contributed by atoms with Gasteiger partial charge in [-0.2, -0.15) is 10.2 Å². The van der Waals surface area contributed by atoms with Crippen LogP contribution in [-0.4, -0.2) is 37.3 Å². The van der Waals surface area contributed by atoms with Crippen molar-refractivity contribution in [3.8, 4) is 6.07 Å². The highest BCUT2D eigenvalue weighted by Gasteiger charge is 2.50. The normalized spacial score (nSPS) is 21.3. The maximum atomic E-state index is 13.0. The third-order valence-electron chi connectivity index (χ3n) is 6.08. The van der Waals surface area contributed by atoms with Gasteiger partial charge in [-0.15, -0.1) is 4.72 Å². The van der Waals surface area contributed by atoms with Gasteiger partial charge in [0.15, 0.2) is 0 Å². The van der Waals surface area contributed by atoms with E-state index in [1.807, 2.05) is 45.3 Å². The summed E-state index contributed by atoms with van der Waals surface area (Å²) in [6, 6.07) is 5.58. The standard InChI is InChI=1S/C21H27N7OS/c1-20(2,3)30(29)27-18-16-4-7-24-13-14(16)11-21(18)5-8-28(9-6-21)19-25-15(12-22)10-17(23)26-19/h4,7,10,13,18,27H,5-6,8-9,11H2,1-3H3,(H2,23,25,26)/t18-,30-/m1/s1. The zero-order chi connectivity index (χ0) is 21.5. The summed E-state index contributed by atoms with van der Waals surface area (Å²) in [4.78, 5) is 15.1. The van der Waals surface area contributed by atoms with Crippen molar-refractivity contribution in [1.29, 1.82) is 5.26 Å². The Kier molecular flexibility index (Phi) is 5.34. The van der Waals surface area contributed by atoms with Gasteiger partial charge >= 0.3 is 0 Å². The van der Waals surface area contributed by atoms with Gasteiger partial charge in [0.05, 0.1) is 6.04 Å². The number of nitriles is 1. The minimum atomic E-state index is -1.18. The molecule has 30 heavy (non-hydrogen) atoms. The number of anilines is 2. The van der Waals surface area contributed by atoms with E-state index in [4.69, 9.17) is 5.73 Å². The summed E-state index contributed by atoms with van der Waals surface area (Å²) in [6.07, 6.45) is 6.43. The minimum absolute atomic E-state index is 0.00846. The second-order valence-corrected chi connectivity index (χ2v) is 11.1. The number of rotatable bonds is 3. The SMILES string of the molecule is CC(C)(C)[S@@+]([O-])N[C@@H]1c2ccncc2CC12CCN(c1nc(N)cc(C#N)n1)CC2. The van der Waals surface area contributed by atoms with Crippen LogP contribution < -0.4 is 15.4 Å². The molecule has 3 heterocycles. The second kappa shape index (κ2) is 7.69. The molecule has 158 valence electrons. The predicted molar refractivity (Wildman–Crippen MR) is 117 cm³/mol. The molecule has 2 aromatic rings. The highest BCUT2D eigenvalue weighted by molar-refractivity contribution is 7.90. The number of hydrogen-bond acceptors (Lipinski definition) is 8. The molecule has 2 atom stereocenters. The van der Waals surface area contributed by atoms with Crippen molar-refractivity contribution < 1.29 is 4.55 Å². The van der Waals surface area contributed by atoms with Crippen molar-refractivity contribution >= 4 is 23.1 Å². The smallest absolute Gasteiger partial charge is 0.228 e. The van der Waals surface area contributed by atoms with Gasteiger partial charge in [-0.1, -0.05) is 0 Å². The molecular formula is C21H27N7OS. The van der Waals surface area contributed by atoms with Gasteiger partial charge < -0.3 is 15.2 Å². The van der Waals surface area contributed by atoms with Crippen LogP contribution in [0.2, 0.25) is 0 Å². The molecule has 0 bridgehead atoms. The summed E-state index contributed by atoms with van der Waals surface area (Å²) < 4.78 is 16.1. The number of pyridine rings is 1. The molecule has 1 saturated heterocycles. The Morgan fingerprint density at radius 1 is 1.33 bits per heavy atom. The Morgan fingerprint density at radius 2 is 2.07 bits per heavy atom. The molecule has 0 aromatic carbocycles. The summed E-state index contributed by atoms with van der Waals surface area (Å²) in [7, 11) is 0. The Hall–Kier alpha value is -2.41. The number of nitrogen functional groups attached to an aromatic ring is 1. The number of nitrogens with zero attached hydrogens (tertiary/aromatic N) is 5. The molecule has 0 radical (unpaired) electrons. The van der Waals surface area contributed by atoms with Gasteiger partial charge in [0, 0.05) is 48.3 Å². The average molecular weight is 426 g/mol. The molecule has 1 spiro atoms. The molecule has 9 heteroatoms. The molecule has 2 aliphatic rings. The molecule has 0 saturated carbocycles. The molecule has 1 aliphatic heterocycles. The van der Waals surface area contributed by atoms with Crippen molar-refractivity contribution in [2.45, 2.75) is 50.8 Å². The molecule has 1 aliphatic carbocycles. The largest absolute Gasteiger partial charge is 0.598 e. The Morgan fingerprint density at radius 3 is 2.73 bits per heavy atom. The number of nitrogens with one attached hydrogen (secondary N) is 1. The van der Waals surface area contributed by atoms with Crippen LogP contribution in [0.25, 0.3) is 0 Å². The topological polar surface area (TPSA) is 127 Å². The van der Waals surface area contributed by atoms with Gasteiger partial charge in [0.2, 0.25) is 5.95 Å². The van der Waals surface area contributed by atoms with Crippen LogP contribution in [0.5, 0.6) is 0 Å². The van der Waals surface area contributed by atoms with Crippen molar-refractivity contribution in [3.63, 3.8) is 0 Å². The lowest BCUT2D eigenvalue weighted by Crippen LogP contribution is -2.50. The van der Waals surface area contributed by atoms with Crippen LogP contribution in [-0.2, 0) is 17.8 Å². The fourth-order valence-electron chi connectivity index (χ4n) is 4.42. The molecule has 0 unspecified atom stereocenters. The molecule has 3 N–H and O–H groups in total. The van der Waals surface area contributed by atoms with Crippen molar-refractivity contribution in [2.75, 3.05) is 23.7 Å². The minimum Gasteiger partial charge on any atom is -0.598 e. The van der Waals surface area contributed by atoms with Crippen molar-refractivity contribution in [2.24, 2.45) is 5.41 Å². The third kappa shape index (κ3) is 3.83. The van der Waals surface area contributed by atoms with Crippen molar-refractivity contribution in [3.05, 3.63) is 41.3 Å². The monoisotopic (exact) mass is 425 g/mol. The maximum absolute atomic E-state index is 13.0. The number of nitrogens with two attached hydrogens (primary N) is 1. The lowest BCUT2D eigenvalue weighted by molar-refractivity contribution is 0.175. The van der Waals surface area contributed by atoms with Crippen LogP contribution >= 0.6 is 0 Å². The first kappa shape index (κ1) is 20.8.